The Balaban J connectivity index is 1.89. The second-order valence-corrected chi connectivity index (χ2v) is 7.19. The Labute approximate surface area is 155 Å². The monoisotopic (exact) mass is 368 g/mol. The van der Waals surface area contributed by atoms with Crippen LogP contribution >= 0.6 is 11.8 Å². The molecule has 0 fully saturated rings. The van der Waals surface area contributed by atoms with E-state index in [2.05, 4.69) is 26.3 Å². The first-order chi connectivity index (χ1) is 12.4. The molecule has 2 heterocycles. The van der Waals surface area contributed by atoms with Gasteiger partial charge in [0.1, 0.15) is 23.0 Å². The average Bonchev–Trinajstić information content (AvgIpc) is 2.62. The summed E-state index contributed by atoms with van der Waals surface area (Å²) in [6.45, 7) is 3.59. The number of nitrogens with two attached hydrogens (primary N) is 1. The maximum atomic E-state index is 13.4. The fourth-order valence-corrected chi connectivity index (χ4v) is 3.36. The van der Waals surface area contributed by atoms with Crippen molar-refractivity contribution < 1.29 is 4.39 Å². The average molecular weight is 368 g/mol. The fraction of sp³-hybridized carbons (Fsp3) is 0.222. The van der Waals surface area contributed by atoms with Crippen molar-refractivity contribution in [2.24, 2.45) is 10.7 Å². The molecule has 1 aliphatic rings. The summed E-state index contributed by atoms with van der Waals surface area (Å²) >= 11 is 1.36. The van der Waals surface area contributed by atoms with Crippen molar-refractivity contribution in [2.45, 2.75) is 25.1 Å². The van der Waals surface area contributed by atoms with E-state index in [-0.39, 0.29) is 5.57 Å². The molecule has 6 nitrogen and oxygen atoms in total. The van der Waals surface area contributed by atoms with Crippen molar-refractivity contribution in [3.8, 4) is 6.07 Å². The number of aliphatic imine (C=N–C) groups is 1. The van der Waals surface area contributed by atoms with Gasteiger partial charge >= 0.3 is 6.08 Å². The van der Waals surface area contributed by atoms with Gasteiger partial charge in [0, 0.05) is 5.75 Å². The van der Waals surface area contributed by atoms with Crippen LogP contribution in [-0.2, 0) is 11.3 Å². The van der Waals surface area contributed by atoms with Crippen LogP contribution in [-0.4, -0.2) is 15.8 Å². The number of halogens is 1. The molecule has 26 heavy (non-hydrogen) atoms. The molecule has 3 rings (SSSR count). The minimum atomic E-state index is -0.814. The molecule has 0 aliphatic carbocycles. The van der Waals surface area contributed by atoms with Crippen LogP contribution in [0.1, 0.15) is 25.1 Å². The molecule has 1 aliphatic heterocycles. The van der Waals surface area contributed by atoms with Crippen LogP contribution in [0.2, 0.25) is 0 Å². The number of nitriles is 1. The normalized spacial score (nSPS) is 15.8. The predicted molar refractivity (Wildman–Crippen MR) is 101 cm³/mol. The molecule has 0 spiro atoms. The van der Waals surface area contributed by atoms with Crippen molar-refractivity contribution in [3.63, 3.8) is 0 Å². The molecule has 0 saturated heterocycles. The first kappa shape index (κ1) is 17.9. The fourth-order valence-electron chi connectivity index (χ4n) is 2.56. The minimum absolute atomic E-state index is 0.244. The summed E-state index contributed by atoms with van der Waals surface area (Å²) in [5.41, 5.74) is 7.62. The zero-order valence-corrected chi connectivity index (χ0v) is 15.1. The number of fused-ring (bicyclic) bond motifs is 1. The number of benzene rings is 1. The number of amidine groups is 1. The van der Waals surface area contributed by atoms with Gasteiger partial charge in [-0.15, -0.1) is 11.8 Å². The van der Waals surface area contributed by atoms with Gasteiger partial charge in [0.25, 0.3) is 0 Å². The van der Waals surface area contributed by atoms with Crippen molar-refractivity contribution in [3.05, 3.63) is 64.5 Å². The van der Waals surface area contributed by atoms with Gasteiger partial charge in [-0.2, -0.15) is 9.65 Å². The summed E-state index contributed by atoms with van der Waals surface area (Å²) in [7, 11) is 0. The molecule has 0 unspecified atom stereocenters. The highest BCUT2D eigenvalue weighted by Crippen LogP contribution is 2.34. The van der Waals surface area contributed by atoms with Crippen molar-refractivity contribution in [1.82, 2.24) is 9.97 Å². The number of rotatable bonds is 4. The third-order valence-corrected chi connectivity index (χ3v) is 4.81. The zero-order valence-electron chi connectivity index (χ0n) is 14.3. The van der Waals surface area contributed by atoms with Crippen molar-refractivity contribution in [1.29, 1.82) is 5.26 Å². The first-order valence-corrected chi connectivity index (χ1v) is 8.86. The lowest BCUT2D eigenvalue weighted by molar-refractivity contribution is 0.484. The highest BCUT2D eigenvalue weighted by molar-refractivity contribution is 8.02. The predicted octanol–water partition coefficient (Wildman–Crippen LogP) is 3.30. The van der Waals surface area contributed by atoms with E-state index in [1.54, 1.807) is 13.8 Å². The molecule has 0 saturated carbocycles. The number of thioether (sulfide) groups is 1. The standard InChI is InChI=1S/C18H17FN6S/c1-18(2)14-13(9-22-17(19)24-14)23-16(25-18)12(8-20)15(21)26-10-11-6-4-3-5-7-11/h3-7,9H,10,21H2,1-2H3,(H,23,25). The van der Waals surface area contributed by atoms with Crippen molar-refractivity contribution in [2.75, 3.05) is 5.32 Å². The SMILES string of the molecule is CC1(C)N=C(C(C#N)=C(N)SCc2ccccc2)Nc2cnc(F)nc21. The van der Waals surface area contributed by atoms with Gasteiger partial charge in [-0.3, -0.25) is 4.99 Å². The Morgan fingerprint density at radius 1 is 1.35 bits per heavy atom. The highest BCUT2D eigenvalue weighted by Gasteiger charge is 2.32. The summed E-state index contributed by atoms with van der Waals surface area (Å²) in [6.07, 6.45) is 0.530. The summed E-state index contributed by atoms with van der Waals surface area (Å²) in [6, 6.07) is 11.9. The van der Waals surface area contributed by atoms with Gasteiger partial charge < -0.3 is 11.1 Å². The van der Waals surface area contributed by atoms with Crippen LogP contribution in [0.5, 0.6) is 0 Å². The van der Waals surface area contributed by atoms with Gasteiger partial charge in [-0.1, -0.05) is 30.3 Å². The summed E-state index contributed by atoms with van der Waals surface area (Å²) in [4.78, 5) is 11.9. The zero-order chi connectivity index (χ0) is 18.7. The number of aromatic nitrogens is 2. The molecule has 1 aromatic carbocycles. The second-order valence-electron chi connectivity index (χ2n) is 6.17. The van der Waals surface area contributed by atoms with E-state index >= 15 is 0 Å². The van der Waals surface area contributed by atoms with Crippen LogP contribution < -0.4 is 11.1 Å². The molecule has 1 aromatic heterocycles. The highest BCUT2D eigenvalue weighted by atomic mass is 32.2. The van der Waals surface area contributed by atoms with Gasteiger partial charge in [0.05, 0.1) is 22.6 Å². The molecular formula is C18H17FN6S. The lowest BCUT2D eigenvalue weighted by atomic mass is 9.97. The molecule has 0 amide bonds. The van der Waals surface area contributed by atoms with E-state index in [4.69, 9.17) is 5.73 Å². The van der Waals surface area contributed by atoms with E-state index < -0.39 is 11.6 Å². The maximum absolute atomic E-state index is 13.4. The number of nitrogens with zero attached hydrogens (tertiary/aromatic N) is 4. The smallest absolute Gasteiger partial charge is 0.309 e. The van der Waals surface area contributed by atoms with Gasteiger partial charge in [-0.25, -0.2) is 9.97 Å². The maximum Gasteiger partial charge on any atom is 0.309 e. The molecule has 0 atom stereocenters. The summed E-state index contributed by atoms with van der Waals surface area (Å²) in [5, 5.41) is 13.0. The Bertz CT molecular complexity index is 930. The van der Waals surface area contributed by atoms with E-state index in [9.17, 15) is 9.65 Å². The van der Waals surface area contributed by atoms with Crippen molar-refractivity contribution >= 4 is 23.3 Å². The van der Waals surface area contributed by atoms with Gasteiger partial charge in [0.15, 0.2) is 0 Å². The largest absolute Gasteiger partial charge is 0.392 e. The Morgan fingerprint density at radius 3 is 2.77 bits per heavy atom. The van der Waals surface area contributed by atoms with E-state index in [0.29, 0.717) is 28.0 Å². The molecule has 3 N–H and O–H groups in total. The molecule has 8 heteroatoms. The summed E-state index contributed by atoms with van der Waals surface area (Å²) < 4.78 is 13.4. The molecule has 2 aromatic rings. The van der Waals surface area contributed by atoms with Crippen LogP contribution in [0.4, 0.5) is 10.1 Å². The Kier molecular flexibility index (Phi) is 4.91. The Morgan fingerprint density at radius 2 is 2.08 bits per heavy atom. The topological polar surface area (TPSA) is 100.0 Å². The van der Waals surface area contributed by atoms with Gasteiger partial charge in [0.2, 0.25) is 0 Å². The second kappa shape index (κ2) is 7.14. The molecule has 132 valence electrons. The quantitative estimate of drug-likeness (QED) is 0.634. The lowest BCUT2D eigenvalue weighted by Gasteiger charge is -2.29. The third kappa shape index (κ3) is 3.68. The van der Waals surface area contributed by atoms with Crippen LogP contribution in [0.15, 0.2) is 52.1 Å². The Hall–Kier alpha value is -2.92. The minimum Gasteiger partial charge on any atom is -0.392 e. The molecule has 0 radical (unpaired) electrons. The summed E-state index contributed by atoms with van der Waals surface area (Å²) in [5.74, 6) is 0.970. The van der Waals surface area contributed by atoms with Crippen LogP contribution in [0.25, 0.3) is 0 Å². The first-order valence-electron chi connectivity index (χ1n) is 7.87. The van der Waals surface area contributed by atoms with E-state index in [1.807, 2.05) is 30.3 Å². The number of hydrogen-bond donors (Lipinski definition) is 2. The number of nitrogens with one attached hydrogen (secondary N) is 1. The van der Waals surface area contributed by atoms with Crippen LogP contribution in [0, 0.1) is 17.4 Å². The number of hydrogen-bond acceptors (Lipinski definition) is 7. The number of anilines is 1. The van der Waals surface area contributed by atoms with E-state index in [1.165, 1.54) is 18.0 Å². The third-order valence-electron chi connectivity index (χ3n) is 3.82. The molecule has 0 bridgehead atoms. The molecular weight excluding hydrogens is 351 g/mol. The van der Waals surface area contributed by atoms with Gasteiger partial charge in [-0.05, 0) is 19.4 Å². The van der Waals surface area contributed by atoms with E-state index in [0.717, 1.165) is 5.56 Å². The lowest BCUT2D eigenvalue weighted by Crippen LogP contribution is -2.32. The van der Waals surface area contributed by atoms with Crippen LogP contribution in [0.3, 0.4) is 0 Å².